The van der Waals surface area contributed by atoms with Crippen molar-refractivity contribution in [2.75, 3.05) is 13.2 Å². The number of carbonyl (C=O) groups excluding carboxylic acids is 3. The van der Waals surface area contributed by atoms with E-state index in [1.807, 2.05) is 13.8 Å². The summed E-state index contributed by atoms with van der Waals surface area (Å²) in [7, 11) is 0. The van der Waals surface area contributed by atoms with E-state index in [0.717, 1.165) is 12.8 Å². The van der Waals surface area contributed by atoms with Gasteiger partial charge in [-0.05, 0) is 32.1 Å². The lowest BCUT2D eigenvalue weighted by Crippen LogP contribution is -2.49. The van der Waals surface area contributed by atoms with Gasteiger partial charge in [-0.25, -0.2) is 0 Å². The Morgan fingerprint density at radius 1 is 0.622 bits per heavy atom. The minimum Gasteiger partial charge on any atom is -0.466 e. The predicted molar refractivity (Wildman–Crippen MR) is 154 cm³/mol. The van der Waals surface area contributed by atoms with Gasteiger partial charge >= 0.3 is 5.97 Å². The highest BCUT2D eigenvalue weighted by Gasteiger charge is 2.23. The molecule has 0 aliphatic carbocycles. The standard InChI is InChI=1S/C31H60N2O4/c1-5-7-8-9-10-11-12-13-14-15-16-17-18-19-20-23-26-32-31(36)30(27(3)4)33-28(34)24-21-22-25-29(35)37-6-2/h27,30H,5-26H2,1-4H3,(H,32,36)(H,33,34)/t30-/m0/s1. The van der Waals surface area contributed by atoms with Crippen LogP contribution in [0.25, 0.3) is 0 Å². The molecule has 6 heteroatoms. The zero-order valence-electron chi connectivity index (χ0n) is 24.8. The van der Waals surface area contributed by atoms with Gasteiger partial charge in [0.05, 0.1) is 6.61 Å². The summed E-state index contributed by atoms with van der Waals surface area (Å²) in [4.78, 5) is 36.2. The summed E-state index contributed by atoms with van der Waals surface area (Å²) in [6.07, 6.45) is 23.2. The van der Waals surface area contributed by atoms with E-state index in [0.29, 0.717) is 38.8 Å². The SMILES string of the molecule is CCCCCCCCCCCCCCCCCCNC(=O)[C@@H](NC(=O)CCCCC(=O)OCC)C(C)C. The second-order valence-corrected chi connectivity index (χ2v) is 10.9. The van der Waals surface area contributed by atoms with Crippen LogP contribution >= 0.6 is 0 Å². The van der Waals surface area contributed by atoms with E-state index in [2.05, 4.69) is 17.6 Å². The molecule has 0 spiro atoms. The van der Waals surface area contributed by atoms with E-state index in [1.165, 1.54) is 89.9 Å². The van der Waals surface area contributed by atoms with Crippen molar-refractivity contribution in [3.05, 3.63) is 0 Å². The molecular formula is C31H60N2O4. The Kier molecular flexibility index (Phi) is 24.9. The van der Waals surface area contributed by atoms with Crippen molar-refractivity contribution in [1.82, 2.24) is 10.6 Å². The molecule has 0 aliphatic heterocycles. The molecule has 0 aromatic heterocycles. The smallest absolute Gasteiger partial charge is 0.305 e. The van der Waals surface area contributed by atoms with Crippen LogP contribution in [0.5, 0.6) is 0 Å². The number of nitrogens with one attached hydrogen (secondary N) is 2. The molecule has 0 bridgehead atoms. The number of ether oxygens (including phenoxy) is 1. The Labute approximate surface area is 228 Å². The first-order valence-electron chi connectivity index (χ1n) is 15.6. The molecule has 0 unspecified atom stereocenters. The summed E-state index contributed by atoms with van der Waals surface area (Å²) in [5.41, 5.74) is 0. The molecule has 2 N–H and O–H groups in total. The number of carbonyl (C=O) groups is 3. The first-order chi connectivity index (χ1) is 17.9. The number of hydrogen-bond acceptors (Lipinski definition) is 4. The van der Waals surface area contributed by atoms with Crippen LogP contribution in [-0.2, 0) is 19.1 Å². The molecular weight excluding hydrogens is 464 g/mol. The third kappa shape index (κ3) is 23.3. The summed E-state index contributed by atoms with van der Waals surface area (Å²) in [6, 6.07) is -0.515. The largest absolute Gasteiger partial charge is 0.466 e. The Morgan fingerprint density at radius 3 is 1.54 bits per heavy atom. The third-order valence-corrected chi connectivity index (χ3v) is 6.94. The highest BCUT2D eigenvalue weighted by Crippen LogP contribution is 2.13. The van der Waals surface area contributed by atoms with Gasteiger partial charge in [-0.2, -0.15) is 0 Å². The molecule has 0 aromatic carbocycles. The monoisotopic (exact) mass is 524 g/mol. The van der Waals surface area contributed by atoms with Crippen LogP contribution in [0.4, 0.5) is 0 Å². The van der Waals surface area contributed by atoms with E-state index >= 15 is 0 Å². The van der Waals surface area contributed by atoms with Crippen LogP contribution in [-0.4, -0.2) is 37.0 Å². The first kappa shape index (κ1) is 35.4. The van der Waals surface area contributed by atoms with E-state index in [-0.39, 0.29) is 23.7 Å². The Bertz CT molecular complexity index is 565. The lowest BCUT2D eigenvalue weighted by Gasteiger charge is -2.21. The van der Waals surface area contributed by atoms with Crippen LogP contribution in [0.2, 0.25) is 0 Å². The molecule has 0 radical (unpaired) electrons. The van der Waals surface area contributed by atoms with Crippen molar-refractivity contribution in [3.8, 4) is 0 Å². The maximum atomic E-state index is 12.6. The fourth-order valence-corrected chi connectivity index (χ4v) is 4.56. The van der Waals surface area contributed by atoms with Crippen molar-refractivity contribution in [2.45, 2.75) is 162 Å². The van der Waals surface area contributed by atoms with Crippen LogP contribution < -0.4 is 10.6 Å². The zero-order valence-corrected chi connectivity index (χ0v) is 24.8. The predicted octanol–water partition coefficient (Wildman–Crippen LogP) is 7.63. The van der Waals surface area contributed by atoms with E-state index in [4.69, 9.17) is 4.74 Å². The molecule has 2 amide bonds. The molecule has 1 atom stereocenters. The van der Waals surface area contributed by atoms with Crippen LogP contribution in [0.15, 0.2) is 0 Å². The van der Waals surface area contributed by atoms with Crippen LogP contribution in [0.1, 0.15) is 156 Å². The third-order valence-electron chi connectivity index (χ3n) is 6.94. The van der Waals surface area contributed by atoms with Crippen LogP contribution in [0, 0.1) is 5.92 Å². The topological polar surface area (TPSA) is 84.5 Å². The summed E-state index contributed by atoms with van der Waals surface area (Å²) in [6.45, 7) is 8.98. The summed E-state index contributed by atoms with van der Waals surface area (Å²) < 4.78 is 4.89. The average molecular weight is 525 g/mol. The summed E-state index contributed by atoms with van der Waals surface area (Å²) >= 11 is 0. The first-order valence-corrected chi connectivity index (χ1v) is 15.6. The molecule has 37 heavy (non-hydrogen) atoms. The molecule has 0 fully saturated rings. The normalized spacial score (nSPS) is 11.9. The Morgan fingerprint density at radius 2 is 1.08 bits per heavy atom. The average Bonchev–Trinajstić information content (AvgIpc) is 2.86. The molecule has 0 heterocycles. The molecule has 218 valence electrons. The van der Waals surface area contributed by atoms with Gasteiger partial charge in [0, 0.05) is 19.4 Å². The number of unbranched alkanes of at least 4 members (excludes halogenated alkanes) is 16. The van der Waals surface area contributed by atoms with Crippen molar-refractivity contribution in [2.24, 2.45) is 5.92 Å². The number of esters is 1. The van der Waals surface area contributed by atoms with E-state index in [9.17, 15) is 14.4 Å². The van der Waals surface area contributed by atoms with Gasteiger partial charge in [0.1, 0.15) is 6.04 Å². The molecule has 0 aliphatic rings. The highest BCUT2D eigenvalue weighted by molar-refractivity contribution is 5.87. The fraction of sp³-hybridized carbons (Fsp3) is 0.903. The number of hydrogen-bond donors (Lipinski definition) is 2. The van der Waals surface area contributed by atoms with Crippen LogP contribution in [0.3, 0.4) is 0 Å². The van der Waals surface area contributed by atoms with Crippen molar-refractivity contribution in [1.29, 1.82) is 0 Å². The molecule has 0 saturated carbocycles. The number of amides is 2. The fourth-order valence-electron chi connectivity index (χ4n) is 4.56. The lowest BCUT2D eigenvalue weighted by atomic mass is 10.0. The van der Waals surface area contributed by atoms with Gasteiger partial charge in [0.15, 0.2) is 0 Å². The van der Waals surface area contributed by atoms with Crippen molar-refractivity contribution < 1.29 is 19.1 Å². The Hall–Kier alpha value is -1.59. The number of rotatable bonds is 26. The zero-order chi connectivity index (χ0) is 27.6. The lowest BCUT2D eigenvalue weighted by molar-refractivity contribution is -0.143. The second kappa shape index (κ2) is 26.0. The van der Waals surface area contributed by atoms with Gasteiger partial charge in [0.2, 0.25) is 11.8 Å². The molecule has 0 saturated heterocycles. The maximum absolute atomic E-state index is 12.6. The summed E-state index contributed by atoms with van der Waals surface area (Å²) in [5.74, 6) is -0.443. The second-order valence-electron chi connectivity index (χ2n) is 10.9. The van der Waals surface area contributed by atoms with Gasteiger partial charge in [-0.3, -0.25) is 14.4 Å². The maximum Gasteiger partial charge on any atom is 0.305 e. The molecule has 6 nitrogen and oxygen atoms in total. The Balaban J connectivity index is 3.69. The molecule has 0 rings (SSSR count). The van der Waals surface area contributed by atoms with Gasteiger partial charge < -0.3 is 15.4 Å². The van der Waals surface area contributed by atoms with Gasteiger partial charge in [-0.1, -0.05) is 117 Å². The van der Waals surface area contributed by atoms with Gasteiger partial charge in [-0.15, -0.1) is 0 Å². The van der Waals surface area contributed by atoms with Crippen molar-refractivity contribution in [3.63, 3.8) is 0 Å². The van der Waals surface area contributed by atoms with E-state index < -0.39 is 6.04 Å². The highest BCUT2D eigenvalue weighted by atomic mass is 16.5. The minimum atomic E-state index is -0.515. The molecule has 0 aromatic rings. The summed E-state index contributed by atoms with van der Waals surface area (Å²) in [5, 5.41) is 5.87. The minimum absolute atomic E-state index is 0.0225. The van der Waals surface area contributed by atoms with Crippen molar-refractivity contribution >= 4 is 17.8 Å². The van der Waals surface area contributed by atoms with E-state index in [1.54, 1.807) is 6.92 Å². The quantitative estimate of drug-likeness (QED) is 0.0900. The van der Waals surface area contributed by atoms with Gasteiger partial charge in [0.25, 0.3) is 0 Å².